The van der Waals surface area contributed by atoms with Gasteiger partial charge in [0.25, 0.3) is 0 Å². The Labute approximate surface area is 104 Å². The minimum atomic E-state index is 0.830. The Bertz CT molecular complexity index is 382. The van der Waals surface area contributed by atoms with Gasteiger partial charge in [-0.1, -0.05) is 5.57 Å². The van der Waals surface area contributed by atoms with Gasteiger partial charge in [-0.05, 0) is 44.3 Å². The molecule has 92 valence electrons. The molecule has 1 aliphatic rings. The van der Waals surface area contributed by atoms with Crippen LogP contribution in [0.3, 0.4) is 0 Å². The van der Waals surface area contributed by atoms with E-state index < -0.39 is 0 Å². The van der Waals surface area contributed by atoms with Crippen LogP contribution in [0.25, 0.3) is 0 Å². The second-order valence-electron chi connectivity index (χ2n) is 4.82. The van der Waals surface area contributed by atoms with Crippen molar-refractivity contribution in [3.05, 3.63) is 36.0 Å². The lowest BCUT2D eigenvalue weighted by Crippen LogP contribution is -2.44. The van der Waals surface area contributed by atoms with Crippen LogP contribution in [0.2, 0.25) is 0 Å². The van der Waals surface area contributed by atoms with E-state index >= 15 is 0 Å². The normalized spacial score (nSPS) is 15.9. The van der Waals surface area contributed by atoms with E-state index in [-0.39, 0.29) is 0 Å². The van der Waals surface area contributed by atoms with Crippen molar-refractivity contribution in [2.45, 2.75) is 13.8 Å². The molecule has 1 saturated heterocycles. The number of rotatable bonds is 2. The smallest absolute Gasteiger partial charge is 0.0368 e. The Morgan fingerprint density at radius 2 is 1.65 bits per heavy atom. The lowest BCUT2D eigenvalue weighted by Gasteiger charge is -2.35. The van der Waals surface area contributed by atoms with Gasteiger partial charge in [-0.3, -0.25) is 0 Å². The fourth-order valence-corrected chi connectivity index (χ4v) is 2.16. The first-order valence-corrected chi connectivity index (χ1v) is 6.15. The summed E-state index contributed by atoms with van der Waals surface area (Å²) in [6.07, 6.45) is 2.25. The van der Waals surface area contributed by atoms with Gasteiger partial charge < -0.3 is 15.5 Å². The highest BCUT2D eigenvalue weighted by atomic mass is 15.3. The molecule has 17 heavy (non-hydrogen) atoms. The third-order valence-electron chi connectivity index (χ3n) is 3.01. The summed E-state index contributed by atoms with van der Waals surface area (Å²) in [5.74, 6) is 0. The molecule has 0 amide bonds. The predicted molar refractivity (Wildman–Crippen MR) is 74.1 cm³/mol. The number of nitrogens with zero attached hydrogens (tertiary/aromatic N) is 2. The molecule has 0 radical (unpaired) electrons. The maximum Gasteiger partial charge on any atom is 0.0368 e. The van der Waals surface area contributed by atoms with E-state index in [2.05, 4.69) is 42.0 Å². The molecule has 1 aliphatic heterocycles. The van der Waals surface area contributed by atoms with Crippen LogP contribution in [-0.4, -0.2) is 31.1 Å². The SMILES string of the molecule is CC(C)=CN1CCN(c2ccc(N)cc2)CC1. The summed E-state index contributed by atoms with van der Waals surface area (Å²) in [5, 5.41) is 0. The first kappa shape index (κ1) is 11.8. The van der Waals surface area contributed by atoms with Crippen LogP contribution in [0.5, 0.6) is 0 Å². The van der Waals surface area contributed by atoms with Crippen molar-refractivity contribution in [2.75, 3.05) is 36.8 Å². The quantitative estimate of drug-likeness (QED) is 0.793. The van der Waals surface area contributed by atoms with E-state index in [0.29, 0.717) is 0 Å². The van der Waals surface area contributed by atoms with Gasteiger partial charge in [-0.2, -0.15) is 0 Å². The Hall–Kier alpha value is -1.64. The third kappa shape index (κ3) is 3.16. The van der Waals surface area contributed by atoms with E-state index in [9.17, 15) is 0 Å². The monoisotopic (exact) mass is 231 g/mol. The van der Waals surface area contributed by atoms with E-state index in [1.54, 1.807) is 0 Å². The molecular formula is C14H21N3. The first-order valence-electron chi connectivity index (χ1n) is 6.15. The molecule has 1 aromatic rings. The Balaban J connectivity index is 1.95. The highest BCUT2D eigenvalue weighted by Crippen LogP contribution is 2.18. The van der Waals surface area contributed by atoms with Gasteiger partial charge in [0.1, 0.15) is 0 Å². The zero-order valence-electron chi connectivity index (χ0n) is 10.7. The van der Waals surface area contributed by atoms with Crippen LogP contribution in [0.4, 0.5) is 11.4 Å². The van der Waals surface area contributed by atoms with E-state index in [1.807, 2.05) is 12.1 Å². The topological polar surface area (TPSA) is 32.5 Å². The molecule has 0 atom stereocenters. The summed E-state index contributed by atoms with van der Waals surface area (Å²) in [6.45, 7) is 8.63. The summed E-state index contributed by atoms with van der Waals surface area (Å²) in [5.41, 5.74) is 9.17. The van der Waals surface area contributed by atoms with Crippen molar-refractivity contribution in [2.24, 2.45) is 0 Å². The van der Waals surface area contributed by atoms with Crippen molar-refractivity contribution in [1.82, 2.24) is 4.90 Å². The first-order chi connectivity index (χ1) is 8.15. The van der Waals surface area contributed by atoms with Crippen LogP contribution in [0, 0.1) is 0 Å². The summed E-state index contributed by atoms with van der Waals surface area (Å²) < 4.78 is 0. The number of nitrogen functional groups attached to an aromatic ring is 1. The molecule has 1 aromatic carbocycles. The summed E-state index contributed by atoms with van der Waals surface area (Å²) in [7, 11) is 0. The number of piperazine rings is 1. The fraction of sp³-hybridized carbons (Fsp3) is 0.429. The van der Waals surface area contributed by atoms with Crippen molar-refractivity contribution in [1.29, 1.82) is 0 Å². The standard InChI is InChI=1S/C14H21N3/c1-12(2)11-16-7-9-17(10-8-16)14-5-3-13(15)4-6-14/h3-6,11H,7-10,15H2,1-2H3. The lowest BCUT2D eigenvalue weighted by molar-refractivity contribution is 0.347. The van der Waals surface area contributed by atoms with Gasteiger partial charge >= 0.3 is 0 Å². The van der Waals surface area contributed by atoms with Gasteiger partial charge in [0, 0.05) is 37.6 Å². The zero-order chi connectivity index (χ0) is 12.3. The molecule has 0 aliphatic carbocycles. The number of hydrogen-bond acceptors (Lipinski definition) is 3. The third-order valence-corrected chi connectivity index (χ3v) is 3.01. The highest BCUT2D eigenvalue weighted by Gasteiger charge is 2.14. The molecule has 2 rings (SSSR count). The molecule has 3 heteroatoms. The molecule has 3 nitrogen and oxygen atoms in total. The van der Waals surface area contributed by atoms with Gasteiger partial charge in [0.15, 0.2) is 0 Å². The summed E-state index contributed by atoms with van der Waals surface area (Å²) in [4.78, 5) is 4.80. The second kappa shape index (κ2) is 5.13. The molecule has 0 bridgehead atoms. The molecule has 0 aromatic heterocycles. The van der Waals surface area contributed by atoms with Gasteiger partial charge in [-0.15, -0.1) is 0 Å². The van der Waals surface area contributed by atoms with Crippen LogP contribution in [-0.2, 0) is 0 Å². The van der Waals surface area contributed by atoms with Gasteiger partial charge in [-0.25, -0.2) is 0 Å². The summed E-state index contributed by atoms with van der Waals surface area (Å²) >= 11 is 0. The van der Waals surface area contributed by atoms with Gasteiger partial charge in [0.05, 0.1) is 0 Å². The zero-order valence-corrected chi connectivity index (χ0v) is 10.7. The second-order valence-corrected chi connectivity index (χ2v) is 4.82. The minimum absolute atomic E-state index is 0.830. The van der Waals surface area contributed by atoms with Crippen LogP contribution >= 0.6 is 0 Å². The molecule has 1 heterocycles. The highest BCUT2D eigenvalue weighted by molar-refractivity contribution is 5.53. The Morgan fingerprint density at radius 1 is 1.06 bits per heavy atom. The molecular weight excluding hydrogens is 210 g/mol. The molecule has 1 fully saturated rings. The van der Waals surface area contributed by atoms with Crippen molar-refractivity contribution >= 4 is 11.4 Å². The number of anilines is 2. The molecule has 0 spiro atoms. The van der Waals surface area contributed by atoms with Crippen LogP contribution in [0.15, 0.2) is 36.0 Å². The average Bonchev–Trinajstić information content (AvgIpc) is 2.30. The number of nitrogens with two attached hydrogens (primary N) is 1. The predicted octanol–water partition coefficient (Wildman–Crippen LogP) is 2.31. The molecule has 0 unspecified atom stereocenters. The Kier molecular flexibility index (Phi) is 3.57. The molecule has 0 saturated carbocycles. The summed E-state index contributed by atoms with van der Waals surface area (Å²) in [6, 6.07) is 8.15. The Morgan fingerprint density at radius 3 is 2.18 bits per heavy atom. The number of allylic oxidation sites excluding steroid dienone is 1. The van der Waals surface area contributed by atoms with Crippen molar-refractivity contribution in [3.63, 3.8) is 0 Å². The number of benzene rings is 1. The van der Waals surface area contributed by atoms with E-state index in [1.165, 1.54) is 11.3 Å². The van der Waals surface area contributed by atoms with Crippen LogP contribution < -0.4 is 10.6 Å². The largest absolute Gasteiger partial charge is 0.399 e. The minimum Gasteiger partial charge on any atom is -0.399 e. The van der Waals surface area contributed by atoms with E-state index in [0.717, 1.165) is 31.9 Å². The van der Waals surface area contributed by atoms with Gasteiger partial charge in [0.2, 0.25) is 0 Å². The average molecular weight is 231 g/mol. The number of hydrogen-bond donors (Lipinski definition) is 1. The molecule has 2 N–H and O–H groups in total. The fourth-order valence-electron chi connectivity index (χ4n) is 2.16. The van der Waals surface area contributed by atoms with Crippen molar-refractivity contribution in [3.8, 4) is 0 Å². The lowest BCUT2D eigenvalue weighted by atomic mass is 10.2. The maximum atomic E-state index is 5.70. The van der Waals surface area contributed by atoms with Crippen molar-refractivity contribution < 1.29 is 0 Å². The van der Waals surface area contributed by atoms with Crippen LogP contribution in [0.1, 0.15) is 13.8 Å². The maximum absolute atomic E-state index is 5.70. The van der Waals surface area contributed by atoms with E-state index in [4.69, 9.17) is 5.73 Å².